The predicted molar refractivity (Wildman–Crippen MR) is 75.1 cm³/mol. The second-order valence-corrected chi connectivity index (χ2v) is 6.72. The SMILES string of the molecule is O=C(NCC1CCCOC1)C1CC2CCCC(C1)C2=O. The van der Waals surface area contributed by atoms with E-state index in [1.54, 1.807) is 0 Å². The van der Waals surface area contributed by atoms with Gasteiger partial charge in [-0.1, -0.05) is 6.42 Å². The van der Waals surface area contributed by atoms with Crippen molar-refractivity contribution in [2.45, 2.75) is 44.9 Å². The highest BCUT2D eigenvalue weighted by atomic mass is 16.5. The maximum absolute atomic E-state index is 12.3. The number of hydrogen-bond donors (Lipinski definition) is 1. The van der Waals surface area contributed by atoms with Crippen LogP contribution in [-0.4, -0.2) is 31.4 Å². The number of nitrogens with one attached hydrogen (secondary N) is 1. The summed E-state index contributed by atoms with van der Waals surface area (Å²) in [5, 5.41) is 3.10. The van der Waals surface area contributed by atoms with Crippen LogP contribution in [0.3, 0.4) is 0 Å². The molecule has 3 unspecified atom stereocenters. The monoisotopic (exact) mass is 279 g/mol. The maximum Gasteiger partial charge on any atom is 0.223 e. The largest absolute Gasteiger partial charge is 0.381 e. The second kappa shape index (κ2) is 6.25. The van der Waals surface area contributed by atoms with Crippen LogP contribution in [-0.2, 0) is 14.3 Å². The molecule has 2 saturated carbocycles. The van der Waals surface area contributed by atoms with E-state index in [1.165, 1.54) is 0 Å². The molecule has 3 rings (SSSR count). The Morgan fingerprint density at radius 2 is 1.90 bits per heavy atom. The summed E-state index contributed by atoms with van der Waals surface area (Å²) >= 11 is 0. The Balaban J connectivity index is 1.49. The molecule has 3 atom stereocenters. The Morgan fingerprint density at radius 1 is 1.15 bits per heavy atom. The number of ketones is 1. The molecular weight excluding hydrogens is 254 g/mol. The van der Waals surface area contributed by atoms with Gasteiger partial charge in [-0.15, -0.1) is 0 Å². The average Bonchev–Trinajstić information content (AvgIpc) is 2.45. The summed E-state index contributed by atoms with van der Waals surface area (Å²) in [7, 11) is 0. The number of hydrogen-bond acceptors (Lipinski definition) is 3. The van der Waals surface area contributed by atoms with Gasteiger partial charge in [-0.05, 0) is 44.4 Å². The molecule has 20 heavy (non-hydrogen) atoms. The quantitative estimate of drug-likeness (QED) is 0.859. The lowest BCUT2D eigenvalue weighted by Gasteiger charge is -2.37. The van der Waals surface area contributed by atoms with E-state index >= 15 is 0 Å². The van der Waals surface area contributed by atoms with Crippen molar-refractivity contribution in [2.24, 2.45) is 23.7 Å². The molecule has 1 heterocycles. The van der Waals surface area contributed by atoms with E-state index in [9.17, 15) is 9.59 Å². The van der Waals surface area contributed by atoms with Crippen molar-refractivity contribution in [3.63, 3.8) is 0 Å². The third-order valence-electron chi connectivity index (χ3n) is 5.24. The zero-order valence-electron chi connectivity index (χ0n) is 12.1. The first-order valence-corrected chi connectivity index (χ1v) is 8.13. The van der Waals surface area contributed by atoms with Crippen molar-refractivity contribution in [1.82, 2.24) is 5.32 Å². The molecule has 1 N–H and O–H groups in total. The van der Waals surface area contributed by atoms with Crippen LogP contribution in [0.25, 0.3) is 0 Å². The first-order valence-electron chi connectivity index (χ1n) is 8.13. The highest BCUT2D eigenvalue weighted by Gasteiger charge is 2.41. The van der Waals surface area contributed by atoms with Gasteiger partial charge in [0.1, 0.15) is 5.78 Å². The van der Waals surface area contributed by atoms with E-state index in [2.05, 4.69) is 5.32 Å². The summed E-state index contributed by atoms with van der Waals surface area (Å²) < 4.78 is 5.44. The lowest BCUT2D eigenvalue weighted by Crippen LogP contribution is -2.44. The molecule has 3 aliphatic rings. The Kier molecular flexibility index (Phi) is 4.39. The van der Waals surface area contributed by atoms with Gasteiger partial charge < -0.3 is 10.1 Å². The fourth-order valence-electron chi connectivity index (χ4n) is 4.05. The van der Waals surface area contributed by atoms with Crippen LogP contribution in [0.5, 0.6) is 0 Å². The van der Waals surface area contributed by atoms with Gasteiger partial charge in [0, 0.05) is 30.9 Å². The highest BCUT2D eigenvalue weighted by molar-refractivity contribution is 5.88. The van der Waals surface area contributed by atoms with Gasteiger partial charge in [0.25, 0.3) is 0 Å². The van der Waals surface area contributed by atoms with Gasteiger partial charge in [-0.3, -0.25) is 9.59 Å². The Hall–Kier alpha value is -0.900. The predicted octanol–water partition coefficient (Wildman–Crippen LogP) is 1.92. The topological polar surface area (TPSA) is 55.4 Å². The van der Waals surface area contributed by atoms with Gasteiger partial charge in [0.2, 0.25) is 5.91 Å². The molecule has 0 aromatic heterocycles. The number of carbonyl (C=O) groups is 2. The average molecular weight is 279 g/mol. The number of rotatable bonds is 3. The molecule has 1 saturated heterocycles. The van der Waals surface area contributed by atoms with Crippen LogP contribution in [0.1, 0.15) is 44.9 Å². The summed E-state index contributed by atoms with van der Waals surface area (Å²) in [6.07, 6.45) is 6.96. The van der Waals surface area contributed by atoms with Crippen LogP contribution in [0.2, 0.25) is 0 Å². The Labute approximate surface area is 120 Å². The molecule has 3 fully saturated rings. The fourth-order valence-corrected chi connectivity index (χ4v) is 4.05. The van der Waals surface area contributed by atoms with Crippen molar-refractivity contribution >= 4 is 11.7 Å². The molecule has 1 amide bonds. The van der Waals surface area contributed by atoms with Gasteiger partial charge in [-0.2, -0.15) is 0 Å². The zero-order chi connectivity index (χ0) is 13.9. The lowest BCUT2D eigenvalue weighted by molar-refractivity contribution is -0.137. The standard InChI is InChI=1S/C16H25NO3/c18-15-12-4-1-5-13(15)8-14(7-12)16(19)17-9-11-3-2-6-20-10-11/h11-14H,1-10H2,(H,17,19). The molecular formula is C16H25NO3. The molecule has 0 spiro atoms. The number of carbonyl (C=O) groups excluding carboxylic acids is 2. The third kappa shape index (κ3) is 3.05. The van der Waals surface area contributed by atoms with E-state index < -0.39 is 0 Å². The number of ether oxygens (including phenoxy) is 1. The van der Waals surface area contributed by atoms with Gasteiger partial charge in [0.15, 0.2) is 0 Å². The molecule has 2 bridgehead atoms. The number of Topliss-reactive ketones (excluding diaryl/α,β-unsaturated/α-hetero) is 1. The van der Waals surface area contributed by atoms with E-state index in [-0.39, 0.29) is 23.7 Å². The zero-order valence-corrected chi connectivity index (χ0v) is 12.1. The van der Waals surface area contributed by atoms with Crippen LogP contribution in [0.15, 0.2) is 0 Å². The van der Waals surface area contributed by atoms with Gasteiger partial charge in [-0.25, -0.2) is 0 Å². The van der Waals surface area contributed by atoms with E-state index in [1.807, 2.05) is 0 Å². The van der Waals surface area contributed by atoms with Gasteiger partial charge in [0.05, 0.1) is 6.61 Å². The van der Waals surface area contributed by atoms with Crippen LogP contribution >= 0.6 is 0 Å². The highest BCUT2D eigenvalue weighted by Crippen LogP contribution is 2.40. The molecule has 0 aromatic carbocycles. The Morgan fingerprint density at radius 3 is 2.55 bits per heavy atom. The Bertz CT molecular complexity index is 360. The molecule has 0 aromatic rings. The third-order valence-corrected chi connectivity index (χ3v) is 5.24. The molecule has 2 aliphatic carbocycles. The van der Waals surface area contributed by atoms with Crippen molar-refractivity contribution < 1.29 is 14.3 Å². The molecule has 4 heteroatoms. The summed E-state index contributed by atoms with van der Waals surface area (Å²) in [5.41, 5.74) is 0. The molecule has 112 valence electrons. The minimum atomic E-state index is 0.0625. The summed E-state index contributed by atoms with van der Waals surface area (Å²) in [4.78, 5) is 24.3. The van der Waals surface area contributed by atoms with Crippen molar-refractivity contribution in [3.05, 3.63) is 0 Å². The van der Waals surface area contributed by atoms with Gasteiger partial charge >= 0.3 is 0 Å². The lowest BCUT2D eigenvalue weighted by atomic mass is 9.67. The van der Waals surface area contributed by atoms with Crippen LogP contribution in [0.4, 0.5) is 0 Å². The van der Waals surface area contributed by atoms with Crippen molar-refractivity contribution in [1.29, 1.82) is 0 Å². The maximum atomic E-state index is 12.3. The molecule has 4 nitrogen and oxygen atoms in total. The van der Waals surface area contributed by atoms with E-state index in [0.717, 1.165) is 64.7 Å². The van der Waals surface area contributed by atoms with E-state index in [4.69, 9.17) is 4.74 Å². The smallest absolute Gasteiger partial charge is 0.223 e. The normalized spacial score (nSPS) is 37.5. The first-order chi connectivity index (χ1) is 9.74. The van der Waals surface area contributed by atoms with Crippen molar-refractivity contribution in [3.8, 4) is 0 Å². The second-order valence-electron chi connectivity index (χ2n) is 6.72. The van der Waals surface area contributed by atoms with Crippen molar-refractivity contribution in [2.75, 3.05) is 19.8 Å². The van der Waals surface area contributed by atoms with Crippen LogP contribution < -0.4 is 5.32 Å². The minimum Gasteiger partial charge on any atom is -0.381 e. The van der Waals surface area contributed by atoms with Crippen LogP contribution in [0, 0.1) is 23.7 Å². The summed E-state index contributed by atoms with van der Waals surface area (Å²) in [6, 6.07) is 0. The number of amides is 1. The molecule has 1 aliphatic heterocycles. The fraction of sp³-hybridized carbons (Fsp3) is 0.875. The summed E-state index contributed by atoms with van der Waals surface area (Å²) in [5.74, 6) is 1.46. The minimum absolute atomic E-state index is 0.0625. The van der Waals surface area contributed by atoms with E-state index in [0.29, 0.717) is 11.7 Å². The molecule has 0 radical (unpaired) electrons. The first kappa shape index (κ1) is 14.1. The number of fused-ring (bicyclic) bond motifs is 2. The summed E-state index contributed by atoms with van der Waals surface area (Å²) in [6.45, 7) is 2.37.